The molecule has 0 saturated carbocycles. The van der Waals surface area contributed by atoms with Gasteiger partial charge in [-0.1, -0.05) is 11.6 Å². The number of carbonyl (C=O) groups is 2. The zero-order valence-corrected chi connectivity index (χ0v) is 16.1. The molecule has 2 aromatic carbocycles. The second-order valence-electron chi connectivity index (χ2n) is 6.22. The SMILES string of the molecule is CS(=O)(=O)Nc1ccc(C(=O)Nc2ccc(N3CCCC3=O)cc2)cc1Cl. The van der Waals surface area contributed by atoms with E-state index in [0.29, 0.717) is 18.7 Å². The summed E-state index contributed by atoms with van der Waals surface area (Å²) in [5.41, 5.74) is 1.87. The predicted molar refractivity (Wildman–Crippen MR) is 106 cm³/mol. The normalized spacial score (nSPS) is 14.3. The molecule has 0 aromatic heterocycles. The van der Waals surface area contributed by atoms with E-state index in [-0.39, 0.29) is 28.1 Å². The molecular formula is C18H18ClN3O4S. The molecule has 0 unspecified atom stereocenters. The number of hydrogen-bond acceptors (Lipinski definition) is 4. The van der Waals surface area contributed by atoms with Crippen molar-refractivity contribution >= 4 is 50.5 Å². The Kier molecular flexibility index (Phi) is 5.38. The van der Waals surface area contributed by atoms with Crippen LogP contribution in [0.15, 0.2) is 42.5 Å². The van der Waals surface area contributed by atoms with Crippen molar-refractivity contribution in [2.75, 3.05) is 27.7 Å². The first-order valence-electron chi connectivity index (χ1n) is 8.22. The molecule has 1 heterocycles. The molecule has 0 atom stereocenters. The van der Waals surface area contributed by atoms with Gasteiger partial charge in [-0.05, 0) is 48.9 Å². The molecule has 2 N–H and O–H groups in total. The second-order valence-corrected chi connectivity index (χ2v) is 8.37. The average molecular weight is 408 g/mol. The Labute approximate surface area is 162 Å². The van der Waals surface area contributed by atoms with Gasteiger partial charge >= 0.3 is 0 Å². The van der Waals surface area contributed by atoms with Gasteiger partial charge in [0.15, 0.2) is 0 Å². The van der Waals surface area contributed by atoms with Gasteiger partial charge in [-0.2, -0.15) is 0 Å². The molecule has 0 bridgehead atoms. The predicted octanol–water partition coefficient (Wildman–Crippen LogP) is 3.09. The minimum absolute atomic E-state index is 0.101. The fourth-order valence-corrected chi connectivity index (χ4v) is 3.65. The van der Waals surface area contributed by atoms with E-state index >= 15 is 0 Å². The summed E-state index contributed by atoms with van der Waals surface area (Å²) in [5, 5.41) is 2.86. The standard InChI is InChI=1S/C18H18ClN3O4S/c1-27(25,26)21-16-9-4-12(11-15(16)19)18(24)20-13-5-7-14(8-6-13)22-10-2-3-17(22)23/h4-9,11,21H,2-3,10H2,1H3,(H,20,24). The Hall–Kier alpha value is -2.58. The molecule has 0 radical (unpaired) electrons. The van der Waals surface area contributed by atoms with Gasteiger partial charge in [-0.15, -0.1) is 0 Å². The zero-order chi connectivity index (χ0) is 19.6. The van der Waals surface area contributed by atoms with Crippen LogP contribution in [0.5, 0.6) is 0 Å². The number of sulfonamides is 1. The van der Waals surface area contributed by atoms with E-state index in [1.54, 1.807) is 29.2 Å². The number of hydrogen-bond donors (Lipinski definition) is 2. The maximum atomic E-state index is 12.4. The van der Waals surface area contributed by atoms with Crippen LogP contribution in [0.3, 0.4) is 0 Å². The van der Waals surface area contributed by atoms with E-state index < -0.39 is 10.0 Å². The van der Waals surface area contributed by atoms with Gasteiger partial charge in [-0.25, -0.2) is 8.42 Å². The molecule has 1 aliphatic rings. The minimum Gasteiger partial charge on any atom is -0.322 e. The van der Waals surface area contributed by atoms with Crippen LogP contribution >= 0.6 is 11.6 Å². The Balaban J connectivity index is 1.70. The van der Waals surface area contributed by atoms with Gasteiger partial charge in [0, 0.05) is 29.9 Å². The molecule has 142 valence electrons. The number of halogens is 1. The van der Waals surface area contributed by atoms with Crippen LogP contribution in [0.1, 0.15) is 23.2 Å². The molecule has 0 aliphatic carbocycles. The molecule has 7 nitrogen and oxygen atoms in total. The summed E-state index contributed by atoms with van der Waals surface area (Å²) in [6.45, 7) is 0.705. The third kappa shape index (κ3) is 4.78. The first-order valence-corrected chi connectivity index (χ1v) is 10.5. The van der Waals surface area contributed by atoms with E-state index in [2.05, 4.69) is 10.0 Å². The van der Waals surface area contributed by atoms with Crippen molar-refractivity contribution < 1.29 is 18.0 Å². The lowest BCUT2D eigenvalue weighted by atomic mass is 10.2. The first kappa shape index (κ1) is 19.2. The van der Waals surface area contributed by atoms with Crippen molar-refractivity contribution in [3.63, 3.8) is 0 Å². The monoisotopic (exact) mass is 407 g/mol. The van der Waals surface area contributed by atoms with Crippen molar-refractivity contribution in [3.05, 3.63) is 53.1 Å². The topological polar surface area (TPSA) is 95.6 Å². The number of benzene rings is 2. The number of anilines is 3. The molecule has 2 aromatic rings. The van der Waals surface area contributed by atoms with Gasteiger partial charge in [-0.3, -0.25) is 14.3 Å². The lowest BCUT2D eigenvalue weighted by molar-refractivity contribution is -0.117. The van der Waals surface area contributed by atoms with Crippen LogP contribution in [0.25, 0.3) is 0 Å². The molecular weight excluding hydrogens is 390 g/mol. The van der Waals surface area contributed by atoms with Gasteiger partial charge < -0.3 is 10.2 Å². The number of nitrogens with one attached hydrogen (secondary N) is 2. The van der Waals surface area contributed by atoms with Gasteiger partial charge in [0.05, 0.1) is 17.0 Å². The largest absolute Gasteiger partial charge is 0.322 e. The van der Waals surface area contributed by atoms with Crippen LogP contribution < -0.4 is 14.9 Å². The van der Waals surface area contributed by atoms with E-state index in [4.69, 9.17) is 11.6 Å². The molecule has 1 fully saturated rings. The Morgan fingerprint density at radius 3 is 2.41 bits per heavy atom. The van der Waals surface area contributed by atoms with Gasteiger partial charge in [0.25, 0.3) is 5.91 Å². The lowest BCUT2D eigenvalue weighted by Gasteiger charge is -2.16. The lowest BCUT2D eigenvalue weighted by Crippen LogP contribution is -2.23. The summed E-state index contributed by atoms with van der Waals surface area (Å²) in [7, 11) is -3.46. The van der Waals surface area contributed by atoms with E-state index in [9.17, 15) is 18.0 Å². The molecule has 0 spiro atoms. The Morgan fingerprint density at radius 2 is 1.85 bits per heavy atom. The average Bonchev–Trinajstić information content (AvgIpc) is 3.02. The van der Waals surface area contributed by atoms with Crippen molar-refractivity contribution in [2.24, 2.45) is 0 Å². The smallest absolute Gasteiger partial charge is 0.255 e. The third-order valence-electron chi connectivity index (χ3n) is 4.04. The zero-order valence-electron chi connectivity index (χ0n) is 14.5. The van der Waals surface area contributed by atoms with Gasteiger partial charge in [0.2, 0.25) is 15.9 Å². The van der Waals surface area contributed by atoms with Crippen LogP contribution in [0, 0.1) is 0 Å². The number of nitrogens with zero attached hydrogens (tertiary/aromatic N) is 1. The quantitative estimate of drug-likeness (QED) is 0.796. The molecule has 1 saturated heterocycles. The van der Waals surface area contributed by atoms with E-state index in [0.717, 1.165) is 18.4 Å². The third-order valence-corrected chi connectivity index (χ3v) is 4.94. The summed E-state index contributed by atoms with van der Waals surface area (Å²) in [6, 6.07) is 11.3. The highest BCUT2D eigenvalue weighted by atomic mass is 35.5. The van der Waals surface area contributed by atoms with Crippen LogP contribution in [0.2, 0.25) is 5.02 Å². The van der Waals surface area contributed by atoms with Crippen LogP contribution in [-0.2, 0) is 14.8 Å². The van der Waals surface area contributed by atoms with E-state index in [1.165, 1.54) is 18.2 Å². The van der Waals surface area contributed by atoms with Crippen molar-refractivity contribution in [2.45, 2.75) is 12.8 Å². The first-order chi connectivity index (χ1) is 12.7. The molecule has 9 heteroatoms. The fourth-order valence-electron chi connectivity index (χ4n) is 2.79. The molecule has 27 heavy (non-hydrogen) atoms. The molecule has 3 rings (SSSR count). The number of carbonyl (C=O) groups excluding carboxylic acids is 2. The summed E-state index contributed by atoms with van der Waals surface area (Å²) >= 11 is 6.05. The minimum atomic E-state index is -3.46. The fraction of sp³-hybridized carbons (Fsp3) is 0.222. The number of amides is 2. The van der Waals surface area contributed by atoms with Crippen molar-refractivity contribution in [3.8, 4) is 0 Å². The van der Waals surface area contributed by atoms with Crippen LogP contribution in [-0.4, -0.2) is 33.0 Å². The maximum Gasteiger partial charge on any atom is 0.255 e. The second kappa shape index (κ2) is 7.58. The van der Waals surface area contributed by atoms with Crippen molar-refractivity contribution in [1.29, 1.82) is 0 Å². The highest BCUT2D eigenvalue weighted by molar-refractivity contribution is 7.92. The maximum absolute atomic E-state index is 12.4. The highest BCUT2D eigenvalue weighted by Gasteiger charge is 2.21. The summed E-state index contributed by atoms with van der Waals surface area (Å²) < 4.78 is 24.8. The highest BCUT2D eigenvalue weighted by Crippen LogP contribution is 2.26. The summed E-state index contributed by atoms with van der Waals surface area (Å²) in [4.78, 5) is 25.9. The van der Waals surface area contributed by atoms with Crippen molar-refractivity contribution in [1.82, 2.24) is 0 Å². The summed E-state index contributed by atoms with van der Waals surface area (Å²) in [5.74, 6) is -0.281. The van der Waals surface area contributed by atoms with Crippen LogP contribution in [0.4, 0.5) is 17.1 Å². The van der Waals surface area contributed by atoms with E-state index in [1.807, 2.05) is 0 Å². The molecule has 1 aliphatic heterocycles. The Morgan fingerprint density at radius 1 is 1.15 bits per heavy atom. The van der Waals surface area contributed by atoms with Gasteiger partial charge in [0.1, 0.15) is 0 Å². The number of rotatable bonds is 5. The molecule has 2 amide bonds. The summed E-state index contributed by atoms with van der Waals surface area (Å²) in [6.07, 6.45) is 2.43. The Bertz CT molecular complexity index is 990.